The summed E-state index contributed by atoms with van der Waals surface area (Å²) in [4.78, 5) is 15.0. The van der Waals surface area contributed by atoms with E-state index in [-0.39, 0.29) is 5.91 Å². The highest BCUT2D eigenvalue weighted by Crippen LogP contribution is 2.28. The Kier molecular flexibility index (Phi) is 7.09. The second-order valence-electron chi connectivity index (χ2n) is 6.95. The molecule has 0 saturated carbocycles. The number of rotatable bonds is 9. The summed E-state index contributed by atoms with van der Waals surface area (Å²) in [5.41, 5.74) is 2.93. The van der Waals surface area contributed by atoms with Gasteiger partial charge in [0.1, 0.15) is 6.61 Å². The lowest BCUT2D eigenvalue weighted by molar-refractivity contribution is 0.0950. The lowest BCUT2D eigenvalue weighted by Crippen LogP contribution is -2.23. The third-order valence-electron chi connectivity index (χ3n) is 4.86. The minimum absolute atomic E-state index is 0.144. The monoisotopic (exact) mass is 380 g/mol. The van der Waals surface area contributed by atoms with Crippen molar-refractivity contribution in [3.8, 4) is 11.5 Å². The van der Waals surface area contributed by atoms with Gasteiger partial charge in [-0.05, 0) is 55.3 Å². The Labute approximate surface area is 167 Å². The van der Waals surface area contributed by atoms with Crippen molar-refractivity contribution in [2.24, 2.45) is 0 Å². The van der Waals surface area contributed by atoms with Crippen molar-refractivity contribution in [3.63, 3.8) is 0 Å². The largest absolute Gasteiger partial charge is 0.493 e. The fourth-order valence-electron chi connectivity index (χ4n) is 3.32. The average molecular weight is 380 g/mol. The Morgan fingerprint density at radius 1 is 1.11 bits per heavy atom. The lowest BCUT2D eigenvalue weighted by atomic mass is 10.1. The summed E-state index contributed by atoms with van der Waals surface area (Å²) in [6.45, 7) is 7.89. The molecule has 5 heteroatoms. The number of carbonyl (C=O) groups is 1. The molecule has 0 atom stereocenters. The molecule has 1 N–H and O–H groups in total. The molecular weight excluding hydrogens is 352 g/mol. The number of likely N-dealkylation sites (tertiary alicyclic amines) is 1. The van der Waals surface area contributed by atoms with E-state index in [0.717, 1.165) is 12.1 Å². The standard InChI is InChI=1S/C23H28N2O3/c1-3-14-28-21-11-10-20(15-22(21)27-2)23(26)24-16-18-6-8-19(9-7-18)17-25-12-4-5-13-25/h3,6-11,15H,1,4-5,12-14,16-17H2,2H3,(H,24,26). The normalized spacial score (nSPS) is 13.9. The zero-order valence-corrected chi connectivity index (χ0v) is 16.4. The van der Waals surface area contributed by atoms with Gasteiger partial charge in [0, 0.05) is 18.7 Å². The summed E-state index contributed by atoms with van der Waals surface area (Å²) in [5, 5.41) is 2.96. The molecule has 1 heterocycles. The number of methoxy groups -OCH3 is 1. The predicted molar refractivity (Wildman–Crippen MR) is 111 cm³/mol. The van der Waals surface area contributed by atoms with Crippen LogP contribution in [0.4, 0.5) is 0 Å². The van der Waals surface area contributed by atoms with Crippen LogP contribution in [0.15, 0.2) is 55.1 Å². The number of hydrogen-bond acceptors (Lipinski definition) is 4. The SMILES string of the molecule is C=CCOc1ccc(C(=O)NCc2ccc(CN3CCCC3)cc2)cc1OC. The molecule has 0 aliphatic carbocycles. The first-order valence-corrected chi connectivity index (χ1v) is 9.69. The van der Waals surface area contributed by atoms with Crippen LogP contribution in [0.1, 0.15) is 34.3 Å². The third kappa shape index (κ3) is 5.36. The molecule has 2 aromatic rings. The number of hydrogen-bond donors (Lipinski definition) is 1. The van der Waals surface area contributed by atoms with Gasteiger partial charge >= 0.3 is 0 Å². The van der Waals surface area contributed by atoms with Crippen LogP contribution in [0, 0.1) is 0 Å². The quantitative estimate of drug-likeness (QED) is 0.673. The second-order valence-corrected chi connectivity index (χ2v) is 6.95. The molecule has 1 fully saturated rings. The van der Waals surface area contributed by atoms with Crippen LogP contribution in [-0.2, 0) is 13.1 Å². The highest BCUT2D eigenvalue weighted by atomic mass is 16.5. The zero-order chi connectivity index (χ0) is 19.8. The van der Waals surface area contributed by atoms with Crippen LogP contribution in [-0.4, -0.2) is 37.6 Å². The summed E-state index contributed by atoms with van der Waals surface area (Å²) in [6.07, 6.45) is 4.27. The Morgan fingerprint density at radius 2 is 1.82 bits per heavy atom. The molecule has 5 nitrogen and oxygen atoms in total. The highest BCUT2D eigenvalue weighted by Gasteiger charge is 2.12. The molecular formula is C23H28N2O3. The number of carbonyl (C=O) groups excluding carboxylic acids is 1. The zero-order valence-electron chi connectivity index (χ0n) is 16.4. The minimum Gasteiger partial charge on any atom is -0.493 e. The summed E-state index contributed by atoms with van der Waals surface area (Å²) in [6, 6.07) is 13.6. The molecule has 148 valence electrons. The number of nitrogens with zero attached hydrogens (tertiary/aromatic N) is 1. The molecule has 0 spiro atoms. The Morgan fingerprint density at radius 3 is 2.50 bits per heavy atom. The first kappa shape index (κ1) is 20.0. The first-order chi connectivity index (χ1) is 13.7. The van der Waals surface area contributed by atoms with Crippen molar-refractivity contribution >= 4 is 5.91 Å². The predicted octanol–water partition coefficient (Wildman–Crippen LogP) is 3.79. The van der Waals surface area contributed by atoms with E-state index in [0.29, 0.717) is 30.2 Å². The highest BCUT2D eigenvalue weighted by molar-refractivity contribution is 5.94. The Balaban J connectivity index is 1.55. The van der Waals surface area contributed by atoms with Gasteiger partial charge < -0.3 is 14.8 Å². The molecule has 1 saturated heterocycles. The summed E-state index contributed by atoms with van der Waals surface area (Å²) in [7, 11) is 1.56. The molecule has 1 aliphatic rings. The van der Waals surface area contributed by atoms with E-state index in [4.69, 9.17) is 9.47 Å². The maximum Gasteiger partial charge on any atom is 0.251 e. The second kappa shape index (κ2) is 9.95. The number of amides is 1. The number of benzene rings is 2. The molecule has 0 unspecified atom stereocenters. The van der Waals surface area contributed by atoms with Gasteiger partial charge in [-0.2, -0.15) is 0 Å². The Hall–Kier alpha value is -2.79. The average Bonchev–Trinajstić information content (AvgIpc) is 3.24. The van der Waals surface area contributed by atoms with E-state index in [1.54, 1.807) is 31.4 Å². The van der Waals surface area contributed by atoms with Crippen molar-refractivity contribution in [2.75, 3.05) is 26.8 Å². The van der Waals surface area contributed by atoms with Gasteiger partial charge in [-0.3, -0.25) is 9.69 Å². The van der Waals surface area contributed by atoms with Crippen molar-refractivity contribution in [2.45, 2.75) is 25.9 Å². The molecule has 0 aromatic heterocycles. The topological polar surface area (TPSA) is 50.8 Å². The van der Waals surface area contributed by atoms with Gasteiger partial charge in [0.25, 0.3) is 5.91 Å². The smallest absolute Gasteiger partial charge is 0.251 e. The van der Waals surface area contributed by atoms with Gasteiger partial charge in [0.15, 0.2) is 11.5 Å². The van der Waals surface area contributed by atoms with Gasteiger partial charge in [0.05, 0.1) is 7.11 Å². The van der Waals surface area contributed by atoms with Crippen molar-refractivity contribution < 1.29 is 14.3 Å². The minimum atomic E-state index is -0.144. The van der Waals surface area contributed by atoms with Crippen LogP contribution >= 0.6 is 0 Å². The van der Waals surface area contributed by atoms with Crippen molar-refractivity contribution in [1.29, 1.82) is 0 Å². The molecule has 0 radical (unpaired) electrons. The van der Waals surface area contributed by atoms with Gasteiger partial charge in [-0.1, -0.05) is 36.9 Å². The van der Waals surface area contributed by atoms with Crippen LogP contribution in [0.5, 0.6) is 11.5 Å². The van der Waals surface area contributed by atoms with E-state index in [9.17, 15) is 4.79 Å². The van der Waals surface area contributed by atoms with Crippen molar-refractivity contribution in [3.05, 3.63) is 71.8 Å². The van der Waals surface area contributed by atoms with Gasteiger partial charge in [-0.25, -0.2) is 0 Å². The lowest BCUT2D eigenvalue weighted by Gasteiger charge is -2.15. The van der Waals surface area contributed by atoms with E-state index >= 15 is 0 Å². The van der Waals surface area contributed by atoms with Crippen LogP contribution in [0.2, 0.25) is 0 Å². The van der Waals surface area contributed by atoms with E-state index < -0.39 is 0 Å². The van der Waals surface area contributed by atoms with Crippen LogP contribution in [0.25, 0.3) is 0 Å². The van der Waals surface area contributed by atoms with Gasteiger partial charge in [-0.15, -0.1) is 0 Å². The van der Waals surface area contributed by atoms with E-state index in [1.807, 2.05) is 0 Å². The molecule has 1 aliphatic heterocycles. The fourth-order valence-corrected chi connectivity index (χ4v) is 3.32. The molecule has 2 aromatic carbocycles. The van der Waals surface area contributed by atoms with Crippen LogP contribution < -0.4 is 14.8 Å². The van der Waals surface area contributed by atoms with Crippen molar-refractivity contribution in [1.82, 2.24) is 10.2 Å². The van der Waals surface area contributed by atoms with Crippen LogP contribution in [0.3, 0.4) is 0 Å². The molecule has 3 rings (SSSR count). The van der Waals surface area contributed by atoms with E-state index in [2.05, 4.69) is 41.1 Å². The molecule has 1 amide bonds. The molecule has 28 heavy (non-hydrogen) atoms. The fraction of sp³-hybridized carbons (Fsp3) is 0.348. The third-order valence-corrected chi connectivity index (χ3v) is 4.86. The van der Waals surface area contributed by atoms with E-state index in [1.165, 1.54) is 31.5 Å². The summed E-state index contributed by atoms with van der Waals surface area (Å²) >= 11 is 0. The molecule has 0 bridgehead atoms. The Bertz CT molecular complexity index is 796. The number of nitrogens with one attached hydrogen (secondary N) is 1. The number of ether oxygens (including phenoxy) is 2. The maximum absolute atomic E-state index is 12.5. The maximum atomic E-state index is 12.5. The van der Waals surface area contributed by atoms with Gasteiger partial charge in [0.2, 0.25) is 0 Å². The summed E-state index contributed by atoms with van der Waals surface area (Å²) < 4.78 is 10.8. The first-order valence-electron chi connectivity index (χ1n) is 9.69. The summed E-state index contributed by atoms with van der Waals surface area (Å²) in [5.74, 6) is 0.975.